The van der Waals surface area contributed by atoms with Crippen molar-refractivity contribution in [3.8, 4) is 0 Å². The fourth-order valence-corrected chi connectivity index (χ4v) is 2.93. The molecule has 1 aliphatic rings. The smallest absolute Gasteiger partial charge is 0.354 e. The van der Waals surface area contributed by atoms with Crippen LogP contribution >= 0.6 is 24.0 Å². The normalized spacial score (nSPS) is 18.5. The lowest BCUT2D eigenvalue weighted by molar-refractivity contribution is -0.0494. The van der Waals surface area contributed by atoms with Crippen molar-refractivity contribution in [3.05, 3.63) is 12.7 Å². The van der Waals surface area contributed by atoms with Gasteiger partial charge in [0.25, 0.3) is 0 Å². The lowest BCUT2D eigenvalue weighted by Crippen LogP contribution is -2.51. The number of nitrogens with zero attached hydrogens (tertiary/aromatic N) is 2. The van der Waals surface area contributed by atoms with Crippen molar-refractivity contribution in [2.24, 2.45) is 4.99 Å². The molecule has 0 bridgehead atoms. The van der Waals surface area contributed by atoms with Crippen molar-refractivity contribution in [2.75, 3.05) is 26.7 Å². The Bertz CT molecular complexity index is 488. The molecule has 1 aliphatic heterocycles. The fraction of sp³-hybridized carbons (Fsp3) is 0.727. The van der Waals surface area contributed by atoms with Gasteiger partial charge in [0.15, 0.2) is 5.96 Å². The molecule has 0 radical (unpaired) electrons. The minimum absolute atomic E-state index is 0. The third-order valence-corrected chi connectivity index (χ3v) is 4.69. The van der Waals surface area contributed by atoms with Gasteiger partial charge in [-0.05, 0) is 12.8 Å². The van der Waals surface area contributed by atoms with E-state index >= 15 is 0 Å². The average Bonchev–Trinajstić information content (AvgIpc) is 2.42. The van der Waals surface area contributed by atoms with E-state index < -0.39 is 15.5 Å². The molecule has 0 saturated carbocycles. The molecule has 0 spiro atoms. The molecule has 6 nitrogen and oxygen atoms in total. The van der Waals surface area contributed by atoms with Crippen LogP contribution in [0.3, 0.4) is 0 Å². The maximum absolute atomic E-state index is 12.4. The molecular weight excluding hydrogens is 436 g/mol. The molecule has 1 fully saturated rings. The number of sulfonamides is 1. The zero-order valence-corrected chi connectivity index (χ0v) is 15.2. The molecule has 130 valence electrons. The second-order valence-electron chi connectivity index (χ2n) is 4.51. The van der Waals surface area contributed by atoms with E-state index in [0.29, 0.717) is 16.8 Å². The average molecular weight is 456 g/mol. The predicted octanol–water partition coefficient (Wildman–Crippen LogP) is 1.27. The largest absolute Gasteiger partial charge is 0.511 e. The number of hydrogen-bond donors (Lipinski definition) is 2. The third-order valence-electron chi connectivity index (χ3n) is 3.06. The summed E-state index contributed by atoms with van der Waals surface area (Å²) in [5.74, 6) is 0.507. The monoisotopic (exact) mass is 456 g/mol. The first-order valence-electron chi connectivity index (χ1n) is 6.37. The maximum Gasteiger partial charge on any atom is 0.511 e. The Morgan fingerprint density at radius 1 is 1.41 bits per heavy atom. The zero-order chi connectivity index (χ0) is 16.1. The van der Waals surface area contributed by atoms with E-state index in [0.717, 1.165) is 0 Å². The molecule has 0 amide bonds. The highest BCUT2D eigenvalue weighted by Crippen LogP contribution is 2.28. The molecule has 1 rings (SSSR count). The van der Waals surface area contributed by atoms with E-state index in [4.69, 9.17) is 0 Å². The van der Waals surface area contributed by atoms with Crippen LogP contribution in [-0.4, -0.2) is 56.9 Å². The van der Waals surface area contributed by atoms with Crippen LogP contribution in [0.5, 0.6) is 0 Å². The van der Waals surface area contributed by atoms with Crippen molar-refractivity contribution in [1.29, 1.82) is 0 Å². The molecule has 2 N–H and O–H groups in total. The van der Waals surface area contributed by atoms with Gasteiger partial charge in [-0.15, -0.1) is 30.6 Å². The first-order chi connectivity index (χ1) is 9.72. The van der Waals surface area contributed by atoms with Crippen LogP contribution in [-0.2, 0) is 10.0 Å². The highest BCUT2D eigenvalue weighted by molar-refractivity contribution is 14.0. The predicted molar refractivity (Wildman–Crippen MR) is 89.7 cm³/mol. The van der Waals surface area contributed by atoms with Gasteiger partial charge in [-0.25, -0.2) is 8.42 Å². The molecular formula is C11H20F3IN4O2S. The summed E-state index contributed by atoms with van der Waals surface area (Å²) in [6.07, 6.45) is 2.21. The van der Waals surface area contributed by atoms with Gasteiger partial charge >= 0.3 is 15.5 Å². The number of rotatable bonds is 4. The lowest BCUT2D eigenvalue weighted by atomic mass is 10.1. The van der Waals surface area contributed by atoms with Crippen LogP contribution in [0, 0.1) is 0 Å². The molecule has 0 atom stereocenters. The molecule has 0 aromatic heterocycles. The lowest BCUT2D eigenvalue weighted by Gasteiger charge is -2.32. The minimum atomic E-state index is -5.24. The molecule has 1 heterocycles. The first kappa shape index (κ1) is 21.4. The van der Waals surface area contributed by atoms with E-state index in [1.54, 1.807) is 13.1 Å². The molecule has 22 heavy (non-hydrogen) atoms. The number of halogens is 4. The summed E-state index contributed by atoms with van der Waals surface area (Å²) in [5, 5.41) is 5.98. The Kier molecular flexibility index (Phi) is 8.69. The number of piperidine rings is 1. The van der Waals surface area contributed by atoms with Crippen molar-refractivity contribution in [2.45, 2.75) is 24.4 Å². The standard InChI is InChI=1S/C11H19F3N4O2S.HI/c1-3-6-16-10(15-2)17-9-4-7-18(8-5-9)21(19,20)11(12,13)14;/h3,9H,1,4-8H2,2H3,(H2,15,16,17);1H. The maximum atomic E-state index is 12.4. The van der Waals surface area contributed by atoms with E-state index in [-0.39, 0.29) is 55.9 Å². The Hall–Kier alpha value is -0.560. The van der Waals surface area contributed by atoms with Crippen molar-refractivity contribution >= 4 is 40.0 Å². The molecule has 0 aromatic rings. The topological polar surface area (TPSA) is 73.8 Å². The number of guanidine groups is 1. The highest BCUT2D eigenvalue weighted by Gasteiger charge is 2.50. The SMILES string of the molecule is C=CCNC(=NC)NC1CCN(S(=O)(=O)C(F)(F)F)CC1.I. The summed E-state index contributed by atoms with van der Waals surface area (Å²) >= 11 is 0. The number of hydrogen-bond acceptors (Lipinski definition) is 3. The summed E-state index contributed by atoms with van der Waals surface area (Å²) in [6, 6.07) is -0.124. The molecule has 0 aliphatic carbocycles. The minimum Gasteiger partial charge on any atom is -0.354 e. The Morgan fingerprint density at radius 3 is 2.36 bits per heavy atom. The summed E-state index contributed by atoms with van der Waals surface area (Å²) in [5.41, 5.74) is -5.24. The second-order valence-corrected chi connectivity index (χ2v) is 6.44. The molecule has 1 saturated heterocycles. The van der Waals surface area contributed by atoms with Gasteiger partial charge in [0.2, 0.25) is 0 Å². The molecule has 11 heteroatoms. The second kappa shape index (κ2) is 8.91. The van der Waals surface area contributed by atoms with E-state index in [1.807, 2.05) is 0 Å². The Labute approximate surface area is 145 Å². The van der Waals surface area contributed by atoms with Gasteiger partial charge < -0.3 is 10.6 Å². The highest BCUT2D eigenvalue weighted by atomic mass is 127. The first-order valence-corrected chi connectivity index (χ1v) is 7.81. The van der Waals surface area contributed by atoms with E-state index in [2.05, 4.69) is 22.2 Å². The van der Waals surface area contributed by atoms with E-state index in [9.17, 15) is 21.6 Å². The van der Waals surface area contributed by atoms with Gasteiger partial charge in [0, 0.05) is 32.7 Å². The van der Waals surface area contributed by atoms with Gasteiger partial charge in [-0.1, -0.05) is 6.08 Å². The fourth-order valence-electron chi connectivity index (χ4n) is 1.94. The van der Waals surface area contributed by atoms with Crippen molar-refractivity contribution < 1.29 is 21.6 Å². The summed E-state index contributed by atoms with van der Waals surface area (Å²) < 4.78 is 60.3. The number of alkyl halides is 3. The van der Waals surface area contributed by atoms with Gasteiger partial charge in [-0.3, -0.25) is 4.99 Å². The molecule has 0 aromatic carbocycles. The Balaban J connectivity index is 0.00000441. The van der Waals surface area contributed by atoms with Gasteiger partial charge in [0.1, 0.15) is 0 Å². The third kappa shape index (κ3) is 5.57. The van der Waals surface area contributed by atoms with E-state index in [1.165, 1.54) is 0 Å². The molecule has 0 unspecified atom stereocenters. The van der Waals surface area contributed by atoms with Crippen LogP contribution in [0.2, 0.25) is 0 Å². The van der Waals surface area contributed by atoms with Crippen LogP contribution in [0.25, 0.3) is 0 Å². The van der Waals surface area contributed by atoms with Crippen LogP contribution in [0.4, 0.5) is 13.2 Å². The zero-order valence-electron chi connectivity index (χ0n) is 12.1. The van der Waals surface area contributed by atoms with Crippen LogP contribution < -0.4 is 10.6 Å². The van der Waals surface area contributed by atoms with Crippen molar-refractivity contribution in [3.63, 3.8) is 0 Å². The van der Waals surface area contributed by atoms with Gasteiger partial charge in [-0.2, -0.15) is 17.5 Å². The summed E-state index contributed by atoms with van der Waals surface area (Å²) in [4.78, 5) is 3.96. The number of nitrogens with one attached hydrogen (secondary N) is 2. The Morgan fingerprint density at radius 2 is 1.95 bits per heavy atom. The summed E-state index contributed by atoms with van der Waals surface area (Å²) in [6.45, 7) is 3.71. The van der Waals surface area contributed by atoms with Crippen LogP contribution in [0.15, 0.2) is 17.6 Å². The van der Waals surface area contributed by atoms with Crippen LogP contribution in [0.1, 0.15) is 12.8 Å². The summed E-state index contributed by atoms with van der Waals surface area (Å²) in [7, 11) is -3.65. The quantitative estimate of drug-likeness (QED) is 0.289. The van der Waals surface area contributed by atoms with Gasteiger partial charge in [0.05, 0.1) is 0 Å². The van der Waals surface area contributed by atoms with Crippen molar-refractivity contribution in [1.82, 2.24) is 14.9 Å². The number of aliphatic imine (C=N–C) groups is 1.